The average Bonchev–Trinajstić information content (AvgIpc) is 2.61. The monoisotopic (exact) mass is 362 g/mol. The van der Waals surface area contributed by atoms with Crippen molar-refractivity contribution in [3.8, 4) is 11.6 Å². The SMILES string of the molecule is COc1cccc([C@H](CC(=O)O)NC(=S)Nc2cc(OC)ncn2)c1. The molecule has 0 spiro atoms. The van der Waals surface area contributed by atoms with E-state index in [1.54, 1.807) is 37.4 Å². The van der Waals surface area contributed by atoms with Crippen LogP contribution in [-0.4, -0.2) is 40.4 Å². The Balaban J connectivity index is 2.12. The smallest absolute Gasteiger partial charge is 0.305 e. The minimum atomic E-state index is -0.952. The van der Waals surface area contributed by atoms with E-state index < -0.39 is 12.0 Å². The minimum Gasteiger partial charge on any atom is -0.497 e. The molecule has 0 radical (unpaired) electrons. The first-order valence-electron chi connectivity index (χ1n) is 7.31. The molecule has 1 aromatic carbocycles. The number of ether oxygens (including phenoxy) is 2. The summed E-state index contributed by atoms with van der Waals surface area (Å²) < 4.78 is 10.2. The lowest BCUT2D eigenvalue weighted by Gasteiger charge is -2.20. The molecule has 0 fully saturated rings. The molecule has 0 aliphatic carbocycles. The number of hydrogen-bond acceptors (Lipinski definition) is 6. The number of nitrogens with one attached hydrogen (secondary N) is 2. The number of carboxylic acid groups (broad SMARTS) is 1. The van der Waals surface area contributed by atoms with Crippen molar-refractivity contribution in [2.24, 2.45) is 0 Å². The van der Waals surface area contributed by atoms with Crippen LogP contribution in [0.15, 0.2) is 36.7 Å². The second-order valence-electron chi connectivity index (χ2n) is 4.97. The van der Waals surface area contributed by atoms with Gasteiger partial charge in [0.25, 0.3) is 0 Å². The first-order valence-corrected chi connectivity index (χ1v) is 7.72. The number of carbonyl (C=O) groups is 1. The van der Waals surface area contributed by atoms with E-state index in [1.807, 2.05) is 0 Å². The highest BCUT2D eigenvalue weighted by Gasteiger charge is 2.17. The molecule has 2 aromatic rings. The molecule has 0 saturated heterocycles. The molecule has 0 bridgehead atoms. The Morgan fingerprint density at radius 3 is 2.76 bits per heavy atom. The van der Waals surface area contributed by atoms with Gasteiger partial charge in [-0.15, -0.1) is 0 Å². The van der Waals surface area contributed by atoms with Crippen LogP contribution in [0.2, 0.25) is 0 Å². The van der Waals surface area contributed by atoms with Gasteiger partial charge in [0.1, 0.15) is 17.9 Å². The van der Waals surface area contributed by atoms with E-state index in [0.717, 1.165) is 5.56 Å². The summed E-state index contributed by atoms with van der Waals surface area (Å²) in [5.41, 5.74) is 0.742. The van der Waals surface area contributed by atoms with Crippen molar-refractivity contribution in [2.75, 3.05) is 19.5 Å². The highest BCUT2D eigenvalue weighted by Crippen LogP contribution is 2.22. The number of aliphatic carboxylic acids is 1. The van der Waals surface area contributed by atoms with Crippen LogP contribution in [0.1, 0.15) is 18.0 Å². The second kappa shape index (κ2) is 8.78. The summed E-state index contributed by atoms with van der Waals surface area (Å²) in [5, 5.41) is 15.3. The molecular weight excluding hydrogens is 344 g/mol. The molecule has 8 nitrogen and oxygen atoms in total. The van der Waals surface area contributed by atoms with Gasteiger partial charge in [0.05, 0.1) is 26.7 Å². The Kier molecular flexibility index (Phi) is 6.47. The van der Waals surface area contributed by atoms with Gasteiger partial charge in [-0.3, -0.25) is 4.79 Å². The van der Waals surface area contributed by atoms with Crippen molar-refractivity contribution < 1.29 is 19.4 Å². The van der Waals surface area contributed by atoms with Crippen LogP contribution in [0.4, 0.5) is 5.82 Å². The fraction of sp³-hybridized carbons (Fsp3) is 0.250. The zero-order valence-electron chi connectivity index (χ0n) is 13.7. The number of carboxylic acids is 1. The third kappa shape index (κ3) is 5.57. The first kappa shape index (κ1) is 18.4. The number of benzene rings is 1. The Morgan fingerprint density at radius 2 is 2.08 bits per heavy atom. The molecule has 0 aliphatic heterocycles. The van der Waals surface area contributed by atoms with Crippen LogP contribution in [0.3, 0.4) is 0 Å². The summed E-state index contributed by atoms with van der Waals surface area (Å²) in [6.45, 7) is 0. The maximum atomic E-state index is 11.2. The third-order valence-electron chi connectivity index (χ3n) is 3.27. The van der Waals surface area contributed by atoms with Gasteiger partial charge in [-0.2, -0.15) is 0 Å². The predicted octanol–water partition coefficient (Wildman–Crippen LogP) is 2.00. The van der Waals surface area contributed by atoms with Crippen molar-refractivity contribution >= 4 is 29.1 Å². The van der Waals surface area contributed by atoms with E-state index in [4.69, 9.17) is 21.7 Å². The van der Waals surface area contributed by atoms with E-state index in [2.05, 4.69) is 20.6 Å². The number of anilines is 1. The van der Waals surface area contributed by atoms with Gasteiger partial charge in [-0.1, -0.05) is 12.1 Å². The Morgan fingerprint density at radius 1 is 1.28 bits per heavy atom. The number of thiocarbonyl (C=S) groups is 1. The lowest BCUT2D eigenvalue weighted by Crippen LogP contribution is -2.33. The topological polar surface area (TPSA) is 106 Å². The quantitative estimate of drug-likeness (QED) is 0.638. The minimum absolute atomic E-state index is 0.151. The largest absolute Gasteiger partial charge is 0.497 e. The van der Waals surface area contributed by atoms with Crippen LogP contribution >= 0.6 is 12.2 Å². The fourth-order valence-corrected chi connectivity index (χ4v) is 2.36. The Labute approximate surface area is 150 Å². The lowest BCUT2D eigenvalue weighted by molar-refractivity contribution is -0.137. The summed E-state index contributed by atoms with van der Waals surface area (Å²) >= 11 is 5.26. The highest BCUT2D eigenvalue weighted by atomic mass is 32.1. The first-order chi connectivity index (χ1) is 12.0. The Hall–Kier alpha value is -2.94. The number of methoxy groups -OCH3 is 2. The molecule has 25 heavy (non-hydrogen) atoms. The van der Waals surface area contributed by atoms with Gasteiger partial charge in [0, 0.05) is 6.07 Å². The van der Waals surface area contributed by atoms with Crippen molar-refractivity contribution in [2.45, 2.75) is 12.5 Å². The van der Waals surface area contributed by atoms with Crippen LogP contribution in [-0.2, 0) is 4.79 Å². The zero-order valence-corrected chi connectivity index (χ0v) is 14.5. The van der Waals surface area contributed by atoms with E-state index in [0.29, 0.717) is 17.4 Å². The molecule has 132 valence electrons. The predicted molar refractivity (Wildman–Crippen MR) is 95.9 cm³/mol. The summed E-state index contributed by atoms with van der Waals surface area (Å²) in [7, 11) is 3.04. The van der Waals surface area contributed by atoms with Crippen LogP contribution in [0.5, 0.6) is 11.6 Å². The van der Waals surface area contributed by atoms with Crippen molar-refractivity contribution in [1.82, 2.24) is 15.3 Å². The van der Waals surface area contributed by atoms with Gasteiger partial charge >= 0.3 is 5.97 Å². The molecule has 1 aromatic heterocycles. The molecule has 0 amide bonds. The van der Waals surface area contributed by atoms with Crippen LogP contribution in [0, 0.1) is 0 Å². The molecule has 1 heterocycles. The summed E-state index contributed by atoms with van der Waals surface area (Å²) in [5.74, 6) is 0.500. The molecule has 1 atom stereocenters. The van der Waals surface area contributed by atoms with Gasteiger partial charge in [-0.05, 0) is 29.9 Å². The van der Waals surface area contributed by atoms with E-state index in [1.165, 1.54) is 13.4 Å². The molecule has 2 rings (SSSR count). The summed E-state index contributed by atoms with van der Waals surface area (Å²) in [6, 6.07) is 8.18. The molecule has 0 saturated carbocycles. The van der Waals surface area contributed by atoms with E-state index in [9.17, 15) is 9.90 Å². The summed E-state index contributed by atoms with van der Waals surface area (Å²) in [6.07, 6.45) is 1.18. The molecule has 3 N–H and O–H groups in total. The van der Waals surface area contributed by atoms with Crippen molar-refractivity contribution in [3.05, 3.63) is 42.2 Å². The van der Waals surface area contributed by atoms with Crippen LogP contribution in [0.25, 0.3) is 0 Å². The third-order valence-corrected chi connectivity index (χ3v) is 3.49. The number of rotatable bonds is 7. The molecule has 0 unspecified atom stereocenters. The van der Waals surface area contributed by atoms with E-state index >= 15 is 0 Å². The second-order valence-corrected chi connectivity index (χ2v) is 5.38. The van der Waals surface area contributed by atoms with Crippen molar-refractivity contribution in [1.29, 1.82) is 0 Å². The Bertz CT molecular complexity index is 756. The van der Waals surface area contributed by atoms with Gasteiger partial charge in [0.2, 0.25) is 5.88 Å². The van der Waals surface area contributed by atoms with Gasteiger partial charge in [0.15, 0.2) is 5.11 Å². The standard InChI is InChI=1S/C16H18N4O4S/c1-23-11-5-3-4-10(6-11)12(7-15(21)22)19-16(25)20-13-8-14(24-2)18-9-17-13/h3-6,8-9,12H,7H2,1-2H3,(H,21,22)(H2,17,18,19,20,25)/t12-/m0/s1. The highest BCUT2D eigenvalue weighted by molar-refractivity contribution is 7.80. The van der Waals surface area contributed by atoms with E-state index in [-0.39, 0.29) is 11.5 Å². The summed E-state index contributed by atoms with van der Waals surface area (Å²) in [4.78, 5) is 19.1. The normalized spacial score (nSPS) is 11.3. The maximum Gasteiger partial charge on any atom is 0.305 e. The zero-order chi connectivity index (χ0) is 18.2. The lowest BCUT2D eigenvalue weighted by atomic mass is 10.0. The number of hydrogen-bond donors (Lipinski definition) is 3. The van der Waals surface area contributed by atoms with Gasteiger partial charge < -0.3 is 25.2 Å². The van der Waals surface area contributed by atoms with Crippen LogP contribution < -0.4 is 20.1 Å². The molecular formula is C16H18N4O4S. The average molecular weight is 362 g/mol. The van der Waals surface area contributed by atoms with Gasteiger partial charge in [-0.25, -0.2) is 9.97 Å². The number of aromatic nitrogens is 2. The fourth-order valence-electron chi connectivity index (χ4n) is 2.12. The molecule has 0 aliphatic rings. The molecule has 9 heteroatoms. The number of nitrogens with zero attached hydrogens (tertiary/aromatic N) is 2. The van der Waals surface area contributed by atoms with Crippen molar-refractivity contribution in [3.63, 3.8) is 0 Å². The maximum absolute atomic E-state index is 11.2.